The molecule has 0 spiro atoms. The minimum atomic E-state index is -2.11. The van der Waals surface area contributed by atoms with Crippen molar-refractivity contribution < 1.29 is 38.9 Å². The molecule has 2 N–H and O–H groups in total. The van der Waals surface area contributed by atoms with E-state index >= 15 is 0 Å². The number of hydrogen-bond acceptors (Lipinski definition) is 9. The van der Waals surface area contributed by atoms with Gasteiger partial charge in [0.1, 0.15) is 12.2 Å². The Balaban J connectivity index is 1.93. The quantitative estimate of drug-likeness (QED) is 0.311. The standard InChI is InChI=1S/C19H17NO9/c1-3-19(24)13-9-28-8-12(18(23)27-2)14(13)15(16(19)21)29-17(22)10-4-6-11(7-5-10)20(25)26/h1,4-8,13-16,21,24H,9H2,2H3/t13-,14+,15-,16-,19+/m0/s1. The highest BCUT2D eigenvalue weighted by Gasteiger charge is 2.63. The van der Waals surface area contributed by atoms with Crippen LogP contribution < -0.4 is 0 Å². The van der Waals surface area contributed by atoms with E-state index in [2.05, 4.69) is 5.92 Å². The Hall–Kier alpha value is -3.42. The SMILES string of the molecule is C#C[C@]1(O)[C@@H](O)[C@@H](OC(=O)c2ccc([N+](=O)[O-])cc2)[C@@H]2C(C(=O)OC)=COC[C@@H]21. The zero-order chi connectivity index (χ0) is 21.3. The van der Waals surface area contributed by atoms with E-state index in [1.807, 2.05) is 0 Å². The molecule has 1 aliphatic carbocycles. The zero-order valence-electron chi connectivity index (χ0n) is 15.2. The molecule has 0 unspecified atom stereocenters. The fraction of sp³-hybridized carbons (Fsp3) is 0.368. The van der Waals surface area contributed by atoms with Crippen LogP contribution in [0.25, 0.3) is 0 Å². The number of ether oxygens (including phenoxy) is 3. The second-order valence-electron chi connectivity index (χ2n) is 6.62. The van der Waals surface area contributed by atoms with E-state index in [9.17, 15) is 29.9 Å². The third-order valence-corrected chi connectivity index (χ3v) is 5.17. The largest absolute Gasteiger partial charge is 0.500 e. The minimum Gasteiger partial charge on any atom is -0.500 e. The molecule has 2 aliphatic rings. The molecule has 152 valence electrons. The number of methoxy groups -OCH3 is 1. The molecule has 0 aromatic heterocycles. The van der Waals surface area contributed by atoms with Crippen molar-refractivity contribution in [3.63, 3.8) is 0 Å². The summed E-state index contributed by atoms with van der Waals surface area (Å²) >= 11 is 0. The summed E-state index contributed by atoms with van der Waals surface area (Å²) in [7, 11) is 1.14. The van der Waals surface area contributed by atoms with E-state index < -0.39 is 46.5 Å². The summed E-state index contributed by atoms with van der Waals surface area (Å²) in [5, 5.41) is 32.1. The van der Waals surface area contributed by atoms with Gasteiger partial charge in [0.2, 0.25) is 0 Å². The monoisotopic (exact) mass is 403 g/mol. The van der Waals surface area contributed by atoms with Crippen molar-refractivity contribution in [3.05, 3.63) is 51.8 Å². The fourth-order valence-electron chi connectivity index (χ4n) is 3.66. The van der Waals surface area contributed by atoms with Crippen molar-refractivity contribution in [2.24, 2.45) is 11.8 Å². The van der Waals surface area contributed by atoms with E-state index in [1.165, 1.54) is 12.1 Å². The molecule has 0 bridgehead atoms. The number of carbonyl (C=O) groups is 2. The molecule has 29 heavy (non-hydrogen) atoms. The third kappa shape index (κ3) is 3.30. The number of carbonyl (C=O) groups excluding carboxylic acids is 2. The first-order valence-electron chi connectivity index (χ1n) is 8.48. The van der Waals surface area contributed by atoms with Crippen molar-refractivity contribution in [2.75, 3.05) is 13.7 Å². The summed E-state index contributed by atoms with van der Waals surface area (Å²) < 4.78 is 15.3. The van der Waals surface area contributed by atoms with Crippen LogP contribution in [-0.4, -0.2) is 58.6 Å². The zero-order valence-corrected chi connectivity index (χ0v) is 15.2. The first kappa shape index (κ1) is 20.3. The van der Waals surface area contributed by atoms with Gasteiger partial charge in [0.15, 0.2) is 5.60 Å². The van der Waals surface area contributed by atoms with Crippen molar-refractivity contribution in [3.8, 4) is 12.3 Å². The maximum absolute atomic E-state index is 12.5. The first-order chi connectivity index (χ1) is 13.7. The van der Waals surface area contributed by atoms with Crippen molar-refractivity contribution in [2.45, 2.75) is 17.8 Å². The Labute approximate surface area is 164 Å². The number of aliphatic hydroxyl groups is 2. The smallest absolute Gasteiger partial charge is 0.338 e. The second kappa shape index (κ2) is 7.54. The summed E-state index contributed by atoms with van der Waals surface area (Å²) in [4.78, 5) is 34.8. The number of non-ortho nitro benzene ring substituents is 1. The van der Waals surface area contributed by atoms with Crippen LogP contribution in [0, 0.1) is 34.3 Å². The van der Waals surface area contributed by atoms with Gasteiger partial charge in [-0.05, 0) is 12.1 Å². The number of nitro benzene ring substituents is 1. The topological polar surface area (TPSA) is 145 Å². The van der Waals surface area contributed by atoms with Gasteiger partial charge < -0.3 is 24.4 Å². The van der Waals surface area contributed by atoms with Gasteiger partial charge >= 0.3 is 11.9 Å². The average molecular weight is 403 g/mol. The number of nitro groups is 1. The number of fused-ring (bicyclic) bond motifs is 1. The lowest BCUT2D eigenvalue weighted by molar-refractivity contribution is -0.384. The highest BCUT2D eigenvalue weighted by molar-refractivity contribution is 5.91. The highest BCUT2D eigenvalue weighted by Crippen LogP contribution is 2.48. The van der Waals surface area contributed by atoms with Gasteiger partial charge in [-0.25, -0.2) is 9.59 Å². The van der Waals surface area contributed by atoms with Gasteiger partial charge in [0.05, 0.1) is 36.0 Å². The Morgan fingerprint density at radius 3 is 2.55 bits per heavy atom. The number of benzene rings is 1. The molecule has 0 radical (unpaired) electrons. The van der Waals surface area contributed by atoms with Crippen LogP contribution in [0.2, 0.25) is 0 Å². The van der Waals surface area contributed by atoms with Crippen LogP contribution in [-0.2, 0) is 19.0 Å². The third-order valence-electron chi connectivity index (χ3n) is 5.17. The summed E-state index contributed by atoms with van der Waals surface area (Å²) in [6.07, 6.45) is 3.45. The molecule has 3 rings (SSSR count). The van der Waals surface area contributed by atoms with E-state index in [-0.39, 0.29) is 23.4 Å². The van der Waals surface area contributed by atoms with Gasteiger partial charge in [0, 0.05) is 24.0 Å². The van der Waals surface area contributed by atoms with Gasteiger partial charge in [0.25, 0.3) is 5.69 Å². The van der Waals surface area contributed by atoms with Gasteiger partial charge in [-0.1, -0.05) is 5.92 Å². The maximum atomic E-state index is 12.5. The average Bonchev–Trinajstić information content (AvgIpc) is 2.95. The maximum Gasteiger partial charge on any atom is 0.338 e. The summed E-state index contributed by atoms with van der Waals surface area (Å²) in [5.74, 6) is -1.51. The molecular formula is C19H17NO9. The molecule has 1 fully saturated rings. The Morgan fingerprint density at radius 1 is 1.34 bits per heavy atom. The Morgan fingerprint density at radius 2 is 2.00 bits per heavy atom. The molecule has 1 aromatic carbocycles. The van der Waals surface area contributed by atoms with Gasteiger partial charge in [-0.3, -0.25) is 10.1 Å². The predicted octanol–water partition coefficient (Wildman–Crippen LogP) is 0.178. The number of hydrogen-bond donors (Lipinski definition) is 2. The fourth-order valence-corrected chi connectivity index (χ4v) is 3.66. The lowest BCUT2D eigenvalue weighted by Gasteiger charge is -2.31. The second-order valence-corrected chi connectivity index (χ2v) is 6.62. The number of nitrogens with zero attached hydrogens (tertiary/aromatic N) is 1. The van der Waals surface area contributed by atoms with Crippen LogP contribution >= 0.6 is 0 Å². The van der Waals surface area contributed by atoms with E-state index in [0.717, 1.165) is 25.5 Å². The minimum absolute atomic E-state index is 0.0221. The molecule has 1 aliphatic heterocycles. The highest BCUT2D eigenvalue weighted by atomic mass is 16.6. The van der Waals surface area contributed by atoms with Crippen LogP contribution in [0.15, 0.2) is 36.1 Å². The molecule has 10 nitrogen and oxygen atoms in total. The van der Waals surface area contributed by atoms with E-state index in [1.54, 1.807) is 0 Å². The number of terminal acetylenes is 1. The molecule has 1 heterocycles. The lowest BCUT2D eigenvalue weighted by Crippen LogP contribution is -2.46. The van der Waals surface area contributed by atoms with Crippen LogP contribution in [0.1, 0.15) is 10.4 Å². The number of aliphatic hydroxyl groups excluding tert-OH is 1. The Kier molecular flexibility index (Phi) is 5.28. The normalized spacial score (nSPS) is 30.2. The van der Waals surface area contributed by atoms with Crippen LogP contribution in [0.5, 0.6) is 0 Å². The molecule has 10 heteroatoms. The van der Waals surface area contributed by atoms with Gasteiger partial charge in [-0.15, -0.1) is 6.42 Å². The molecular weight excluding hydrogens is 386 g/mol. The van der Waals surface area contributed by atoms with Crippen molar-refractivity contribution in [1.82, 2.24) is 0 Å². The van der Waals surface area contributed by atoms with Crippen molar-refractivity contribution in [1.29, 1.82) is 0 Å². The van der Waals surface area contributed by atoms with Crippen LogP contribution in [0.4, 0.5) is 5.69 Å². The van der Waals surface area contributed by atoms with Crippen molar-refractivity contribution >= 4 is 17.6 Å². The molecule has 1 aromatic rings. The molecule has 5 atom stereocenters. The summed E-state index contributed by atoms with van der Waals surface area (Å²) in [6.45, 7) is -0.117. The first-order valence-corrected chi connectivity index (χ1v) is 8.48. The summed E-state index contributed by atoms with van der Waals surface area (Å²) in [5.41, 5.74) is -2.40. The predicted molar refractivity (Wildman–Crippen MR) is 95.1 cm³/mol. The van der Waals surface area contributed by atoms with E-state index in [0.29, 0.717) is 0 Å². The van der Waals surface area contributed by atoms with Crippen LogP contribution in [0.3, 0.4) is 0 Å². The van der Waals surface area contributed by atoms with E-state index in [4.69, 9.17) is 20.6 Å². The molecule has 0 amide bonds. The Bertz CT molecular complexity index is 917. The number of esters is 2. The number of rotatable bonds is 4. The lowest BCUT2D eigenvalue weighted by atomic mass is 9.81. The van der Waals surface area contributed by atoms with Gasteiger partial charge in [-0.2, -0.15) is 0 Å². The molecule has 1 saturated carbocycles. The molecule has 0 saturated heterocycles. The summed E-state index contributed by atoms with van der Waals surface area (Å²) in [6, 6.07) is 4.62.